The summed E-state index contributed by atoms with van der Waals surface area (Å²) in [4.78, 5) is 25.0. The van der Waals surface area contributed by atoms with E-state index in [9.17, 15) is 18.0 Å². The van der Waals surface area contributed by atoms with Crippen molar-refractivity contribution < 1.29 is 13.2 Å². The van der Waals surface area contributed by atoms with Crippen molar-refractivity contribution in [2.24, 2.45) is 0 Å². The lowest BCUT2D eigenvalue weighted by molar-refractivity contribution is 0.402. The van der Waals surface area contributed by atoms with Gasteiger partial charge < -0.3 is 4.74 Å². The van der Waals surface area contributed by atoms with Crippen LogP contribution in [0.25, 0.3) is 5.69 Å². The minimum atomic E-state index is -3.79. The number of aromatic nitrogens is 3. The number of aromatic amines is 1. The summed E-state index contributed by atoms with van der Waals surface area (Å²) >= 11 is 0. The number of para-hydroxylation sites is 1. The third kappa shape index (κ3) is 3.09. The first-order valence-electron chi connectivity index (χ1n) is 7.11. The third-order valence-corrected chi connectivity index (χ3v) is 5.27. The van der Waals surface area contributed by atoms with Crippen molar-refractivity contribution >= 4 is 9.84 Å². The van der Waals surface area contributed by atoms with E-state index < -0.39 is 21.1 Å². The summed E-state index contributed by atoms with van der Waals surface area (Å²) in [6, 6.07) is 11.9. The van der Waals surface area contributed by atoms with Gasteiger partial charge in [-0.3, -0.25) is 9.78 Å². The first-order valence-corrected chi connectivity index (χ1v) is 8.59. The molecule has 1 N–H and O–H groups in total. The zero-order chi connectivity index (χ0) is 18.0. The van der Waals surface area contributed by atoms with Crippen LogP contribution in [0.3, 0.4) is 0 Å². The van der Waals surface area contributed by atoms with E-state index in [0.29, 0.717) is 5.69 Å². The van der Waals surface area contributed by atoms with Crippen LogP contribution in [-0.2, 0) is 9.84 Å². The number of methoxy groups -OCH3 is 1. The molecule has 3 aromatic rings. The summed E-state index contributed by atoms with van der Waals surface area (Å²) in [5.74, 6) is 0.241. The summed E-state index contributed by atoms with van der Waals surface area (Å²) < 4.78 is 31.6. The smallest absolute Gasteiger partial charge is 0.349 e. The molecular formula is C16H13N3O5S. The topological polar surface area (TPSA) is 111 Å². The van der Waals surface area contributed by atoms with Crippen molar-refractivity contribution in [2.45, 2.75) is 9.79 Å². The van der Waals surface area contributed by atoms with Gasteiger partial charge in [-0.05, 0) is 36.4 Å². The average molecular weight is 359 g/mol. The second-order valence-corrected chi connectivity index (χ2v) is 6.92. The second-order valence-electron chi connectivity index (χ2n) is 5.00. The van der Waals surface area contributed by atoms with E-state index in [1.165, 1.54) is 37.4 Å². The number of nitrogens with one attached hydrogen (secondary N) is 1. The first-order chi connectivity index (χ1) is 11.9. The molecule has 9 heteroatoms. The lowest BCUT2D eigenvalue weighted by atomic mass is 10.3. The van der Waals surface area contributed by atoms with Gasteiger partial charge in [-0.1, -0.05) is 12.1 Å². The Labute approximate surface area is 142 Å². The lowest BCUT2D eigenvalue weighted by Crippen LogP contribution is -2.30. The highest BCUT2D eigenvalue weighted by atomic mass is 32.2. The molecule has 0 amide bonds. The molecule has 0 bridgehead atoms. The zero-order valence-electron chi connectivity index (χ0n) is 13.0. The summed E-state index contributed by atoms with van der Waals surface area (Å²) in [7, 11) is -2.39. The molecule has 3 rings (SSSR count). The number of H-pyrrole nitrogens is 1. The highest BCUT2D eigenvalue weighted by Gasteiger charge is 2.21. The minimum Gasteiger partial charge on any atom is -0.495 e. The number of nitrogens with zero attached hydrogens (tertiary/aromatic N) is 2. The van der Waals surface area contributed by atoms with E-state index in [0.717, 1.165) is 10.9 Å². The molecule has 0 aliphatic rings. The summed E-state index contributed by atoms with van der Waals surface area (Å²) in [5.41, 5.74) is -1.01. The van der Waals surface area contributed by atoms with Gasteiger partial charge in [0.05, 0.1) is 17.7 Å². The van der Waals surface area contributed by atoms with Crippen molar-refractivity contribution in [1.29, 1.82) is 0 Å². The molecule has 0 saturated carbocycles. The predicted molar refractivity (Wildman–Crippen MR) is 88.9 cm³/mol. The average Bonchev–Trinajstić information content (AvgIpc) is 2.62. The van der Waals surface area contributed by atoms with Gasteiger partial charge in [-0.15, -0.1) is 0 Å². The highest BCUT2D eigenvalue weighted by Crippen LogP contribution is 2.29. The molecule has 0 saturated heterocycles. The van der Waals surface area contributed by atoms with Crippen LogP contribution in [0.15, 0.2) is 74.1 Å². The van der Waals surface area contributed by atoms with Gasteiger partial charge in [0, 0.05) is 0 Å². The number of ether oxygens (including phenoxy) is 1. The van der Waals surface area contributed by atoms with Gasteiger partial charge in [-0.25, -0.2) is 13.2 Å². The minimum absolute atomic E-state index is 0.0400. The molecule has 0 atom stereocenters. The Balaban J connectivity index is 2.05. The molecule has 8 nitrogen and oxygen atoms in total. The van der Waals surface area contributed by atoms with Gasteiger partial charge in [0.15, 0.2) is 0 Å². The van der Waals surface area contributed by atoms with Gasteiger partial charge in [0.2, 0.25) is 9.84 Å². The summed E-state index contributed by atoms with van der Waals surface area (Å²) in [6.07, 6.45) is 0.959. The molecule has 25 heavy (non-hydrogen) atoms. The lowest BCUT2D eigenvalue weighted by Gasteiger charge is -2.10. The maximum atomic E-state index is 12.8. The Morgan fingerprint density at radius 1 is 1.04 bits per heavy atom. The van der Waals surface area contributed by atoms with Crippen molar-refractivity contribution in [2.75, 3.05) is 7.11 Å². The Morgan fingerprint density at radius 3 is 2.36 bits per heavy atom. The number of hydrogen-bond donors (Lipinski definition) is 1. The third-order valence-electron chi connectivity index (χ3n) is 3.46. The van der Waals surface area contributed by atoms with Crippen molar-refractivity contribution in [3.63, 3.8) is 0 Å². The molecule has 128 valence electrons. The summed E-state index contributed by atoms with van der Waals surface area (Å²) in [5, 5.41) is 3.72. The van der Waals surface area contributed by atoms with Gasteiger partial charge in [0.25, 0.3) is 5.56 Å². The van der Waals surface area contributed by atoms with Crippen molar-refractivity contribution in [3.05, 3.63) is 75.6 Å². The largest absolute Gasteiger partial charge is 0.495 e. The number of sulfone groups is 1. The normalized spacial score (nSPS) is 11.2. The number of benzene rings is 2. The molecule has 0 radical (unpaired) electrons. The van der Waals surface area contributed by atoms with Crippen LogP contribution < -0.4 is 16.0 Å². The first kappa shape index (κ1) is 16.7. The van der Waals surface area contributed by atoms with E-state index >= 15 is 0 Å². The molecule has 0 aliphatic carbocycles. The fourth-order valence-electron chi connectivity index (χ4n) is 2.27. The molecule has 1 aromatic heterocycles. The quantitative estimate of drug-likeness (QED) is 0.736. The maximum absolute atomic E-state index is 12.8. The van der Waals surface area contributed by atoms with E-state index in [1.807, 2.05) is 0 Å². The van der Waals surface area contributed by atoms with E-state index in [1.54, 1.807) is 18.2 Å². The molecule has 0 spiro atoms. The molecule has 0 aliphatic heterocycles. The molecule has 1 heterocycles. The molecule has 0 fully saturated rings. The molecular weight excluding hydrogens is 346 g/mol. The van der Waals surface area contributed by atoms with Crippen LogP contribution in [0.2, 0.25) is 0 Å². The Morgan fingerprint density at radius 2 is 1.72 bits per heavy atom. The van der Waals surface area contributed by atoms with Crippen molar-refractivity contribution in [1.82, 2.24) is 14.8 Å². The fraction of sp³-hybridized carbons (Fsp3) is 0.0625. The highest BCUT2D eigenvalue weighted by molar-refractivity contribution is 7.91. The van der Waals surface area contributed by atoms with E-state index in [4.69, 9.17) is 4.74 Å². The van der Waals surface area contributed by atoms with E-state index in [-0.39, 0.29) is 15.5 Å². The Kier molecular flexibility index (Phi) is 4.24. The van der Waals surface area contributed by atoms with Crippen LogP contribution in [-0.4, -0.2) is 30.3 Å². The standard InChI is InChI=1S/C16H13N3O5S/c1-24-13-4-2-3-5-14(13)25(22,23)12-8-6-11(7-9-12)19-16(21)18-15(20)10-17-19/h2-10H,1H3,(H,18,20,21). The zero-order valence-corrected chi connectivity index (χ0v) is 13.9. The fourth-order valence-corrected chi connectivity index (χ4v) is 3.69. The Hall–Kier alpha value is -3.20. The van der Waals surface area contributed by atoms with Gasteiger partial charge in [0.1, 0.15) is 16.8 Å². The molecule has 0 unspecified atom stereocenters. The maximum Gasteiger partial charge on any atom is 0.349 e. The number of hydrogen-bond acceptors (Lipinski definition) is 6. The monoisotopic (exact) mass is 359 g/mol. The Bertz CT molecular complexity index is 1130. The van der Waals surface area contributed by atoms with Crippen LogP contribution in [0.1, 0.15) is 0 Å². The van der Waals surface area contributed by atoms with E-state index in [2.05, 4.69) is 10.1 Å². The predicted octanol–water partition coefficient (Wildman–Crippen LogP) is 0.762. The van der Waals surface area contributed by atoms with Gasteiger partial charge >= 0.3 is 5.69 Å². The summed E-state index contributed by atoms with van der Waals surface area (Å²) in [6.45, 7) is 0. The second kappa shape index (κ2) is 6.36. The number of rotatable bonds is 4. The van der Waals surface area contributed by atoms with Crippen LogP contribution in [0.5, 0.6) is 5.75 Å². The van der Waals surface area contributed by atoms with Crippen molar-refractivity contribution in [3.8, 4) is 11.4 Å². The van der Waals surface area contributed by atoms with Crippen LogP contribution in [0, 0.1) is 0 Å². The van der Waals surface area contributed by atoms with Crippen LogP contribution in [0.4, 0.5) is 0 Å². The molecule has 2 aromatic carbocycles. The van der Waals surface area contributed by atoms with Gasteiger partial charge in [-0.2, -0.15) is 9.78 Å². The van der Waals surface area contributed by atoms with Crippen LogP contribution >= 0.6 is 0 Å². The SMILES string of the molecule is COc1ccccc1S(=O)(=O)c1ccc(-n2ncc(=O)[nH]c2=O)cc1.